The van der Waals surface area contributed by atoms with Gasteiger partial charge in [0.15, 0.2) is 0 Å². The third-order valence-electron chi connectivity index (χ3n) is 5.42. The second-order valence-corrected chi connectivity index (χ2v) is 26.9. The van der Waals surface area contributed by atoms with Gasteiger partial charge in [-0.05, 0) is 0 Å². The van der Waals surface area contributed by atoms with Gasteiger partial charge >= 0.3 is 149 Å². The summed E-state index contributed by atoms with van der Waals surface area (Å²) in [6.45, 7) is 14.1. The van der Waals surface area contributed by atoms with E-state index in [0.717, 1.165) is 12.6 Å². The van der Waals surface area contributed by atoms with E-state index >= 15 is 0 Å². The first-order valence-corrected chi connectivity index (χ1v) is 13.8. The summed E-state index contributed by atoms with van der Waals surface area (Å²) in [4.78, 5) is 0. The Hall–Kier alpha value is 0.448. The molecule has 7 heteroatoms. The maximum absolute atomic E-state index is 2.91. The molecule has 0 aromatic rings. The monoisotopic (exact) mass is 502 g/mol. The quantitative estimate of drug-likeness (QED) is 0.500. The molecule has 0 aromatic heterocycles. The van der Waals surface area contributed by atoms with Gasteiger partial charge in [0, 0.05) is 0 Å². The minimum absolute atomic E-state index is 0.150. The fourth-order valence-electron chi connectivity index (χ4n) is 7.22. The van der Waals surface area contributed by atoms with Crippen LogP contribution in [0, 0.1) is 0 Å². The predicted octanol–water partition coefficient (Wildman–Crippen LogP) is 1.99. The van der Waals surface area contributed by atoms with Gasteiger partial charge in [-0.2, -0.15) is 0 Å². The molecule has 0 amide bonds. The molecule has 2 fully saturated rings. The molecule has 0 bridgehead atoms. The molecule has 2 aliphatic rings. The summed E-state index contributed by atoms with van der Waals surface area (Å²) in [5.74, 6) is 0. The van der Waals surface area contributed by atoms with Crippen molar-refractivity contribution in [2.75, 3.05) is 56.4 Å². The number of rotatable bonds is 0. The fourth-order valence-corrected chi connectivity index (χ4v) is 36.7. The van der Waals surface area contributed by atoms with Gasteiger partial charge in [0.2, 0.25) is 0 Å². The van der Waals surface area contributed by atoms with Crippen molar-refractivity contribution >= 4 is 0 Å². The van der Waals surface area contributed by atoms with Gasteiger partial charge in [0.1, 0.15) is 0 Å². The van der Waals surface area contributed by atoms with Crippen molar-refractivity contribution in [2.24, 2.45) is 0 Å². The zero-order valence-electron chi connectivity index (χ0n) is 18.1. The molecule has 0 unspecified atom stereocenters. The van der Waals surface area contributed by atoms with Gasteiger partial charge < -0.3 is 0 Å². The van der Waals surface area contributed by atoms with Crippen molar-refractivity contribution in [3.8, 4) is 0 Å². The SMILES string of the molecule is CC(C)(C)N1[N+](C)(C)[W]2([N+]1(C)C)[N+](C)(C)N(C(C)(C)C)[N+]2(C)C. The van der Waals surface area contributed by atoms with Crippen molar-refractivity contribution in [2.45, 2.75) is 52.6 Å². The van der Waals surface area contributed by atoms with E-state index in [0.29, 0.717) is 0 Å². The molecule has 0 N–H and O–H groups in total. The fraction of sp³-hybridized carbons (Fsp3) is 1.00. The van der Waals surface area contributed by atoms with Gasteiger partial charge in [-0.3, -0.25) is 0 Å². The molecule has 2 saturated heterocycles. The van der Waals surface area contributed by atoms with Crippen LogP contribution in [0.25, 0.3) is 0 Å². The van der Waals surface area contributed by atoms with Crippen LogP contribution in [-0.2, 0) is 17.1 Å². The van der Waals surface area contributed by atoms with Crippen molar-refractivity contribution in [3.63, 3.8) is 0 Å². The Morgan fingerprint density at radius 3 is 0.783 bits per heavy atom. The first-order valence-electron chi connectivity index (χ1n) is 8.56. The van der Waals surface area contributed by atoms with E-state index in [1.807, 2.05) is 0 Å². The Kier molecular flexibility index (Phi) is 3.78. The van der Waals surface area contributed by atoms with Crippen LogP contribution in [0.2, 0.25) is 0 Å². The van der Waals surface area contributed by atoms with E-state index in [1.54, 1.807) is 0 Å². The summed E-state index contributed by atoms with van der Waals surface area (Å²) < 4.78 is 4.32. The molecule has 23 heavy (non-hydrogen) atoms. The Morgan fingerprint density at radius 2 is 0.652 bits per heavy atom. The van der Waals surface area contributed by atoms with Gasteiger partial charge in [0.25, 0.3) is 0 Å². The van der Waals surface area contributed by atoms with Crippen molar-refractivity contribution in [3.05, 3.63) is 0 Å². The molecule has 0 aromatic carbocycles. The molecular formula is C16H42N6W+4. The van der Waals surface area contributed by atoms with E-state index in [9.17, 15) is 0 Å². The summed E-state index contributed by atoms with van der Waals surface area (Å²) >= 11 is -2.91. The zero-order chi connectivity index (χ0) is 18.7. The van der Waals surface area contributed by atoms with E-state index in [1.165, 1.54) is 0 Å². The van der Waals surface area contributed by atoms with Crippen LogP contribution < -0.4 is 0 Å². The molecule has 2 aliphatic heterocycles. The zero-order valence-corrected chi connectivity index (χ0v) is 21.0. The Balaban J connectivity index is 2.69. The van der Waals surface area contributed by atoms with Gasteiger partial charge in [-0.25, -0.2) is 0 Å². The summed E-state index contributed by atoms with van der Waals surface area (Å²) in [5, 5.41) is 5.39. The van der Waals surface area contributed by atoms with Crippen LogP contribution in [0.5, 0.6) is 0 Å². The van der Waals surface area contributed by atoms with Crippen LogP contribution in [0.15, 0.2) is 0 Å². The average Bonchev–Trinajstić information content (AvgIpc) is 2.03. The Bertz CT molecular complexity index is 440. The van der Waals surface area contributed by atoms with Crippen LogP contribution in [0.3, 0.4) is 0 Å². The van der Waals surface area contributed by atoms with Crippen molar-refractivity contribution < 1.29 is 29.7 Å². The number of nitrogens with zero attached hydrogens (tertiary/aromatic N) is 6. The Morgan fingerprint density at radius 1 is 0.478 bits per heavy atom. The van der Waals surface area contributed by atoms with Gasteiger partial charge in [-0.15, -0.1) is 0 Å². The van der Waals surface area contributed by atoms with E-state index in [4.69, 9.17) is 0 Å². The summed E-state index contributed by atoms with van der Waals surface area (Å²) in [6.07, 6.45) is 0. The van der Waals surface area contributed by atoms with Crippen molar-refractivity contribution in [1.82, 2.24) is 10.2 Å². The van der Waals surface area contributed by atoms with Gasteiger partial charge in [0.05, 0.1) is 0 Å². The van der Waals surface area contributed by atoms with Crippen LogP contribution in [-0.4, -0.2) is 90.3 Å². The number of quaternary nitrogens is 4. The Labute approximate surface area is 149 Å². The number of hydrogen-bond donors (Lipinski definition) is 0. The predicted molar refractivity (Wildman–Crippen MR) is 91.6 cm³/mol. The average molecular weight is 502 g/mol. The van der Waals surface area contributed by atoms with Crippen molar-refractivity contribution in [1.29, 1.82) is 0 Å². The molecule has 6 nitrogen and oxygen atoms in total. The molecule has 1 spiro atoms. The molecule has 2 rings (SSSR count). The van der Waals surface area contributed by atoms with Crippen LogP contribution in [0.1, 0.15) is 41.5 Å². The first-order chi connectivity index (χ1) is 9.73. The van der Waals surface area contributed by atoms with Crippen LogP contribution in [0.4, 0.5) is 0 Å². The second kappa shape index (κ2) is 4.40. The standard InChI is InChI=1S/2C8H21N3.W/c2*1-8(2,3)11(9(4)5)10(6)7;/h2*1-7H3;/q;;+4. The third kappa shape index (κ3) is 1.79. The van der Waals surface area contributed by atoms with E-state index in [2.05, 4.69) is 108 Å². The van der Waals surface area contributed by atoms with E-state index < -0.39 is 17.1 Å². The molecule has 0 aliphatic carbocycles. The van der Waals surface area contributed by atoms with Gasteiger partial charge in [-0.1, -0.05) is 0 Å². The minimum atomic E-state index is -2.91. The topological polar surface area (TPSA) is 6.48 Å². The normalized spacial score (nSPS) is 33.0. The molecule has 0 radical (unpaired) electrons. The molecule has 0 atom stereocenters. The second-order valence-electron chi connectivity index (χ2n) is 10.6. The summed E-state index contributed by atoms with van der Waals surface area (Å²) in [6, 6.07) is 0. The summed E-state index contributed by atoms with van der Waals surface area (Å²) in [5.41, 5.74) is 0.299. The number of hydrogen-bond acceptors (Lipinski definition) is 2. The first kappa shape index (κ1) is 19.8. The summed E-state index contributed by atoms with van der Waals surface area (Å²) in [7, 11) is 19.7. The molecular weight excluding hydrogens is 460 g/mol. The third-order valence-corrected chi connectivity index (χ3v) is 24.9. The van der Waals surface area contributed by atoms with E-state index in [-0.39, 0.29) is 11.1 Å². The molecule has 2 heterocycles. The van der Waals surface area contributed by atoms with Crippen LogP contribution >= 0.6 is 0 Å². The maximum atomic E-state index is 2.70. The molecule has 138 valence electrons. The molecule has 0 saturated carbocycles.